The fourth-order valence-corrected chi connectivity index (χ4v) is 2.55. The van der Waals surface area contributed by atoms with Crippen molar-refractivity contribution in [3.8, 4) is 0 Å². The Morgan fingerprint density at radius 1 is 1.47 bits per heavy atom. The van der Waals surface area contributed by atoms with Gasteiger partial charge in [0.1, 0.15) is 5.60 Å². The van der Waals surface area contributed by atoms with Crippen LogP contribution in [0.2, 0.25) is 0 Å². The molecule has 1 saturated carbocycles. The first-order chi connectivity index (χ1) is 8.22. The van der Waals surface area contributed by atoms with Gasteiger partial charge in [0.25, 0.3) is 0 Å². The molecule has 17 heavy (non-hydrogen) atoms. The molecule has 0 spiro atoms. The Labute approximate surface area is 102 Å². The second kappa shape index (κ2) is 5.10. The highest BCUT2D eigenvalue weighted by Crippen LogP contribution is 2.40. The van der Waals surface area contributed by atoms with E-state index in [4.69, 9.17) is 10.5 Å². The van der Waals surface area contributed by atoms with Crippen molar-refractivity contribution in [3.63, 3.8) is 0 Å². The molecule has 1 aliphatic rings. The molecule has 2 rings (SSSR count). The van der Waals surface area contributed by atoms with Crippen molar-refractivity contribution < 1.29 is 4.74 Å². The Hall–Kier alpha value is -1.01. The molecule has 96 valence electrons. The lowest BCUT2D eigenvalue weighted by molar-refractivity contribution is -0.0628. The molecule has 1 aromatic rings. The largest absolute Gasteiger partial charge is 0.370 e. The normalized spacial score (nSPS) is 29.5. The zero-order valence-electron chi connectivity index (χ0n) is 10.6. The predicted molar refractivity (Wildman–Crippen MR) is 63.2 cm³/mol. The van der Waals surface area contributed by atoms with Crippen LogP contribution in [0.1, 0.15) is 38.4 Å². The summed E-state index contributed by atoms with van der Waals surface area (Å²) in [5.41, 5.74) is 5.25. The van der Waals surface area contributed by atoms with E-state index in [0.717, 1.165) is 37.4 Å². The Balaban J connectivity index is 2.24. The summed E-state index contributed by atoms with van der Waals surface area (Å²) in [4.78, 5) is 0. The summed E-state index contributed by atoms with van der Waals surface area (Å²) in [6.45, 7) is 3.46. The van der Waals surface area contributed by atoms with Crippen molar-refractivity contribution in [1.82, 2.24) is 20.2 Å². The van der Waals surface area contributed by atoms with Crippen LogP contribution in [0, 0.1) is 5.92 Å². The lowest BCUT2D eigenvalue weighted by atomic mass is 9.79. The summed E-state index contributed by atoms with van der Waals surface area (Å²) >= 11 is 0. The highest BCUT2D eigenvalue weighted by atomic mass is 16.5. The van der Waals surface area contributed by atoms with Crippen molar-refractivity contribution in [1.29, 1.82) is 0 Å². The van der Waals surface area contributed by atoms with Crippen molar-refractivity contribution in [3.05, 3.63) is 5.82 Å². The third-order valence-corrected chi connectivity index (χ3v) is 3.75. The van der Waals surface area contributed by atoms with Gasteiger partial charge in [0.05, 0.1) is 6.54 Å². The van der Waals surface area contributed by atoms with E-state index in [1.807, 2.05) is 0 Å². The van der Waals surface area contributed by atoms with Crippen LogP contribution in [0.15, 0.2) is 0 Å². The molecule has 0 saturated heterocycles. The molecule has 0 bridgehead atoms. The molecule has 6 nitrogen and oxygen atoms in total. The van der Waals surface area contributed by atoms with Crippen LogP contribution in [0.5, 0.6) is 0 Å². The molecule has 0 aromatic carbocycles. The summed E-state index contributed by atoms with van der Waals surface area (Å²) in [6.07, 6.45) is 4.28. The summed E-state index contributed by atoms with van der Waals surface area (Å²) in [6, 6.07) is 0. The van der Waals surface area contributed by atoms with Gasteiger partial charge in [0.2, 0.25) is 0 Å². The minimum Gasteiger partial charge on any atom is -0.370 e. The third-order valence-electron chi connectivity index (χ3n) is 3.75. The van der Waals surface area contributed by atoms with Crippen LogP contribution in [-0.4, -0.2) is 33.9 Å². The fraction of sp³-hybridized carbons (Fsp3) is 0.909. The van der Waals surface area contributed by atoms with E-state index in [-0.39, 0.29) is 5.60 Å². The van der Waals surface area contributed by atoms with Crippen LogP contribution >= 0.6 is 0 Å². The number of aromatic nitrogens is 4. The van der Waals surface area contributed by atoms with E-state index in [9.17, 15) is 0 Å². The predicted octanol–water partition coefficient (Wildman–Crippen LogP) is 0.684. The molecule has 0 unspecified atom stereocenters. The fourth-order valence-electron chi connectivity index (χ4n) is 2.55. The van der Waals surface area contributed by atoms with E-state index in [1.54, 1.807) is 11.8 Å². The van der Waals surface area contributed by atoms with Crippen molar-refractivity contribution in [2.24, 2.45) is 11.7 Å². The number of tetrazole rings is 1. The number of methoxy groups -OCH3 is 1. The van der Waals surface area contributed by atoms with Crippen molar-refractivity contribution >= 4 is 0 Å². The second-order valence-electron chi connectivity index (χ2n) is 4.90. The number of hydrogen-bond acceptors (Lipinski definition) is 5. The molecule has 0 atom stereocenters. The van der Waals surface area contributed by atoms with Gasteiger partial charge in [0, 0.05) is 13.7 Å². The minimum absolute atomic E-state index is 0.314. The molecule has 0 radical (unpaired) electrons. The highest BCUT2D eigenvalue weighted by Gasteiger charge is 2.40. The second-order valence-corrected chi connectivity index (χ2v) is 4.90. The maximum Gasteiger partial charge on any atom is 0.183 e. The molecule has 0 amide bonds. The van der Waals surface area contributed by atoms with E-state index >= 15 is 0 Å². The highest BCUT2D eigenvalue weighted by molar-refractivity contribution is 5.03. The average molecular weight is 239 g/mol. The van der Waals surface area contributed by atoms with Crippen LogP contribution < -0.4 is 5.73 Å². The van der Waals surface area contributed by atoms with Crippen LogP contribution in [0.3, 0.4) is 0 Å². The van der Waals surface area contributed by atoms with Gasteiger partial charge in [0.15, 0.2) is 5.82 Å². The SMILES string of the molecule is COC1(c2nnnn2CCN)CCC(C)CC1. The lowest BCUT2D eigenvalue weighted by Crippen LogP contribution is -2.37. The zero-order chi connectivity index (χ0) is 12.3. The molecular weight excluding hydrogens is 218 g/mol. The van der Waals surface area contributed by atoms with Gasteiger partial charge in [-0.3, -0.25) is 0 Å². The Morgan fingerprint density at radius 3 is 2.76 bits per heavy atom. The van der Waals surface area contributed by atoms with Crippen molar-refractivity contribution in [2.45, 2.75) is 44.8 Å². The summed E-state index contributed by atoms with van der Waals surface area (Å²) in [5, 5.41) is 11.9. The number of rotatable bonds is 4. The van der Waals surface area contributed by atoms with E-state index in [1.165, 1.54) is 0 Å². The number of nitrogens with two attached hydrogens (primary N) is 1. The quantitative estimate of drug-likeness (QED) is 0.836. The first-order valence-corrected chi connectivity index (χ1v) is 6.24. The Bertz CT molecular complexity index is 356. The molecular formula is C11H21N5O. The monoisotopic (exact) mass is 239 g/mol. The average Bonchev–Trinajstić information content (AvgIpc) is 2.80. The van der Waals surface area contributed by atoms with Gasteiger partial charge < -0.3 is 10.5 Å². The zero-order valence-corrected chi connectivity index (χ0v) is 10.6. The number of ether oxygens (including phenoxy) is 1. The van der Waals surface area contributed by atoms with Gasteiger partial charge >= 0.3 is 0 Å². The van der Waals surface area contributed by atoms with E-state index < -0.39 is 0 Å². The first kappa shape index (κ1) is 12.4. The third kappa shape index (κ3) is 2.32. The molecule has 2 N–H and O–H groups in total. The van der Waals surface area contributed by atoms with E-state index in [2.05, 4.69) is 22.4 Å². The maximum atomic E-state index is 5.75. The molecule has 6 heteroatoms. The number of hydrogen-bond donors (Lipinski definition) is 1. The molecule has 1 fully saturated rings. The minimum atomic E-state index is -0.314. The molecule has 1 heterocycles. The number of nitrogens with zero attached hydrogens (tertiary/aromatic N) is 4. The van der Waals surface area contributed by atoms with Crippen molar-refractivity contribution in [2.75, 3.05) is 13.7 Å². The van der Waals surface area contributed by atoms with Gasteiger partial charge in [-0.15, -0.1) is 5.10 Å². The van der Waals surface area contributed by atoms with Crippen LogP contribution in [0.4, 0.5) is 0 Å². The van der Waals surface area contributed by atoms with Gasteiger partial charge in [-0.05, 0) is 42.0 Å². The Morgan fingerprint density at radius 2 is 2.18 bits per heavy atom. The van der Waals surface area contributed by atoms with Gasteiger partial charge in [-0.1, -0.05) is 6.92 Å². The van der Waals surface area contributed by atoms with Crippen LogP contribution in [-0.2, 0) is 16.9 Å². The van der Waals surface area contributed by atoms with E-state index in [0.29, 0.717) is 13.1 Å². The Kier molecular flexibility index (Phi) is 3.73. The molecule has 1 aliphatic carbocycles. The van der Waals surface area contributed by atoms with Gasteiger partial charge in [-0.2, -0.15) is 0 Å². The maximum absolute atomic E-state index is 5.75. The lowest BCUT2D eigenvalue weighted by Gasteiger charge is -2.36. The van der Waals surface area contributed by atoms with Gasteiger partial charge in [-0.25, -0.2) is 4.68 Å². The first-order valence-electron chi connectivity index (χ1n) is 6.24. The van der Waals surface area contributed by atoms with Crippen LogP contribution in [0.25, 0.3) is 0 Å². The smallest absolute Gasteiger partial charge is 0.183 e. The standard InChI is InChI=1S/C11H21N5O/c1-9-3-5-11(17-2,6-4-9)10-13-14-15-16(10)8-7-12/h9H,3-8,12H2,1-2H3. The summed E-state index contributed by atoms with van der Waals surface area (Å²) in [7, 11) is 1.75. The summed E-state index contributed by atoms with van der Waals surface area (Å²) in [5.74, 6) is 1.59. The molecule has 0 aliphatic heterocycles. The topological polar surface area (TPSA) is 78.9 Å². The summed E-state index contributed by atoms with van der Waals surface area (Å²) < 4.78 is 7.53. The molecule has 1 aromatic heterocycles.